The van der Waals surface area contributed by atoms with Crippen LogP contribution in [0.1, 0.15) is 27.3 Å². The van der Waals surface area contributed by atoms with Crippen LogP contribution >= 0.6 is 11.3 Å². The Labute approximate surface area is 134 Å². The van der Waals surface area contributed by atoms with Gasteiger partial charge in [0.1, 0.15) is 5.82 Å². The van der Waals surface area contributed by atoms with Crippen LogP contribution in [0.3, 0.4) is 0 Å². The number of halogens is 1. The van der Waals surface area contributed by atoms with Crippen LogP contribution < -0.4 is 5.56 Å². The minimum atomic E-state index is -0.649. The molecule has 7 heteroatoms. The van der Waals surface area contributed by atoms with Gasteiger partial charge in [0.15, 0.2) is 16.4 Å². The first-order valence-corrected chi connectivity index (χ1v) is 7.77. The maximum atomic E-state index is 12.9. The maximum Gasteiger partial charge on any atom is 0.301 e. The molecule has 1 aromatic carbocycles. The summed E-state index contributed by atoms with van der Waals surface area (Å²) in [6.45, 7) is 1.81. The molecule has 0 atom stereocenters. The minimum absolute atomic E-state index is 0.0756. The number of aryl methyl sites for hydroxylation is 2. The van der Waals surface area contributed by atoms with Gasteiger partial charge in [-0.2, -0.15) is 0 Å². The maximum absolute atomic E-state index is 12.9. The molecule has 0 bridgehead atoms. The van der Waals surface area contributed by atoms with E-state index in [2.05, 4.69) is 4.98 Å². The summed E-state index contributed by atoms with van der Waals surface area (Å²) < 4.78 is 14.1. The molecule has 0 fully saturated rings. The minimum Gasteiger partial charge on any atom is -0.501 e. The van der Waals surface area contributed by atoms with Crippen LogP contribution in [0.5, 0.6) is 5.75 Å². The Morgan fingerprint density at radius 1 is 1.35 bits per heavy atom. The fraction of sp³-hybridized carbons (Fsp3) is 0.188. The van der Waals surface area contributed by atoms with Crippen molar-refractivity contribution in [2.45, 2.75) is 19.8 Å². The Morgan fingerprint density at radius 3 is 2.74 bits per heavy atom. The van der Waals surface area contributed by atoms with E-state index in [9.17, 15) is 19.1 Å². The number of hydrogen-bond donors (Lipinski definition) is 1. The molecule has 3 rings (SSSR count). The summed E-state index contributed by atoms with van der Waals surface area (Å²) in [4.78, 5) is 29.7. The van der Waals surface area contributed by atoms with Crippen LogP contribution in [0.2, 0.25) is 0 Å². The number of nitrogens with zero attached hydrogens (tertiary/aromatic N) is 2. The zero-order valence-corrected chi connectivity index (χ0v) is 13.1. The van der Waals surface area contributed by atoms with E-state index in [0.717, 1.165) is 10.4 Å². The van der Waals surface area contributed by atoms with Crippen LogP contribution in [0.25, 0.3) is 4.96 Å². The molecule has 5 nitrogen and oxygen atoms in total. The van der Waals surface area contributed by atoms with Crippen LogP contribution in [-0.2, 0) is 6.42 Å². The summed E-state index contributed by atoms with van der Waals surface area (Å²) in [6.07, 6.45) is 2.02. The number of thiazole rings is 1. The Bertz CT molecular complexity index is 944. The Morgan fingerprint density at radius 2 is 2.04 bits per heavy atom. The van der Waals surface area contributed by atoms with Crippen molar-refractivity contribution in [1.82, 2.24) is 9.38 Å². The first-order valence-electron chi connectivity index (χ1n) is 6.95. The predicted octanol–water partition coefficient (Wildman–Crippen LogP) is 2.72. The van der Waals surface area contributed by atoms with Gasteiger partial charge in [0.05, 0.1) is 0 Å². The third kappa shape index (κ3) is 3.00. The van der Waals surface area contributed by atoms with Crippen LogP contribution in [0.15, 0.2) is 35.3 Å². The van der Waals surface area contributed by atoms with Gasteiger partial charge >= 0.3 is 5.56 Å². The summed E-state index contributed by atoms with van der Waals surface area (Å²) >= 11 is 1.27. The van der Waals surface area contributed by atoms with Gasteiger partial charge in [0, 0.05) is 17.5 Å². The van der Waals surface area contributed by atoms with Gasteiger partial charge in [0.25, 0.3) is 0 Å². The molecule has 23 heavy (non-hydrogen) atoms. The molecule has 2 aromatic heterocycles. The predicted molar refractivity (Wildman–Crippen MR) is 84.8 cm³/mol. The molecule has 0 saturated heterocycles. The largest absolute Gasteiger partial charge is 0.501 e. The molecule has 0 unspecified atom stereocenters. The van der Waals surface area contributed by atoms with E-state index in [4.69, 9.17) is 0 Å². The van der Waals surface area contributed by atoms with Gasteiger partial charge in [-0.3, -0.25) is 14.0 Å². The molecular weight excluding hydrogens is 319 g/mol. The van der Waals surface area contributed by atoms with Gasteiger partial charge in [-0.25, -0.2) is 9.37 Å². The molecule has 0 aliphatic heterocycles. The first-order chi connectivity index (χ1) is 11.0. The molecule has 2 heterocycles. The lowest BCUT2D eigenvalue weighted by Gasteiger charge is -2.04. The monoisotopic (exact) mass is 332 g/mol. The number of rotatable bonds is 4. The van der Waals surface area contributed by atoms with Crippen LogP contribution in [-0.4, -0.2) is 20.3 Å². The van der Waals surface area contributed by atoms with Gasteiger partial charge in [0.2, 0.25) is 5.75 Å². The number of fused-ring (bicyclic) bond motifs is 1. The number of benzene rings is 1. The van der Waals surface area contributed by atoms with Crippen molar-refractivity contribution in [3.63, 3.8) is 0 Å². The SMILES string of the molecule is Cc1cn2c(=O)c(O)c(C(=O)CCc3ccc(F)cc3)nc2s1. The molecule has 0 radical (unpaired) electrons. The summed E-state index contributed by atoms with van der Waals surface area (Å²) in [6, 6.07) is 5.83. The fourth-order valence-corrected chi connectivity index (χ4v) is 3.08. The lowest BCUT2D eigenvalue weighted by atomic mass is 10.1. The summed E-state index contributed by atoms with van der Waals surface area (Å²) in [5, 5.41) is 9.95. The van der Waals surface area contributed by atoms with Gasteiger partial charge in [-0.15, -0.1) is 11.3 Å². The third-order valence-electron chi connectivity index (χ3n) is 3.44. The molecule has 0 spiro atoms. The van der Waals surface area contributed by atoms with E-state index in [-0.39, 0.29) is 17.9 Å². The van der Waals surface area contributed by atoms with Crippen molar-refractivity contribution in [3.8, 4) is 5.75 Å². The van der Waals surface area contributed by atoms with Crippen molar-refractivity contribution in [3.05, 3.63) is 62.8 Å². The molecule has 0 amide bonds. The van der Waals surface area contributed by atoms with Crippen LogP contribution in [0.4, 0.5) is 4.39 Å². The Balaban J connectivity index is 1.87. The topological polar surface area (TPSA) is 71.7 Å². The van der Waals surface area contributed by atoms with Gasteiger partial charge < -0.3 is 5.11 Å². The highest BCUT2D eigenvalue weighted by atomic mass is 32.1. The smallest absolute Gasteiger partial charge is 0.301 e. The second-order valence-electron chi connectivity index (χ2n) is 5.16. The highest BCUT2D eigenvalue weighted by Gasteiger charge is 2.19. The summed E-state index contributed by atoms with van der Waals surface area (Å²) in [7, 11) is 0. The molecule has 1 N–H and O–H groups in total. The lowest BCUT2D eigenvalue weighted by molar-refractivity contribution is 0.0975. The molecule has 118 valence electrons. The first kappa shape index (κ1) is 15.4. The van der Waals surface area contributed by atoms with Crippen molar-refractivity contribution >= 4 is 22.1 Å². The number of ketones is 1. The van der Waals surface area contributed by atoms with Gasteiger partial charge in [-0.05, 0) is 31.0 Å². The average Bonchev–Trinajstić information content (AvgIpc) is 2.91. The highest BCUT2D eigenvalue weighted by molar-refractivity contribution is 7.16. The third-order valence-corrected chi connectivity index (χ3v) is 4.34. The van der Waals surface area contributed by atoms with E-state index in [1.54, 1.807) is 18.3 Å². The van der Waals surface area contributed by atoms with Crippen molar-refractivity contribution in [2.24, 2.45) is 0 Å². The number of carbonyl (C=O) groups excluding carboxylic acids is 1. The zero-order chi connectivity index (χ0) is 16.6. The molecule has 0 saturated carbocycles. The second kappa shape index (κ2) is 5.92. The zero-order valence-electron chi connectivity index (χ0n) is 12.2. The van der Waals surface area contributed by atoms with E-state index in [0.29, 0.717) is 11.4 Å². The fourth-order valence-electron chi connectivity index (χ4n) is 2.26. The lowest BCUT2D eigenvalue weighted by Crippen LogP contribution is -2.17. The normalized spacial score (nSPS) is 11.0. The summed E-state index contributed by atoms with van der Waals surface area (Å²) in [5.41, 5.74) is -0.0625. The molecular formula is C16H13FN2O3S. The highest BCUT2D eigenvalue weighted by Crippen LogP contribution is 2.19. The van der Waals surface area contributed by atoms with Crippen molar-refractivity contribution in [2.75, 3.05) is 0 Å². The second-order valence-corrected chi connectivity index (χ2v) is 6.37. The van der Waals surface area contributed by atoms with E-state index in [1.807, 2.05) is 6.92 Å². The van der Waals surface area contributed by atoms with E-state index in [1.165, 1.54) is 27.9 Å². The number of aromatic nitrogens is 2. The number of hydrogen-bond acceptors (Lipinski definition) is 5. The average molecular weight is 332 g/mol. The quantitative estimate of drug-likeness (QED) is 0.746. The number of carbonyl (C=O) groups is 1. The molecule has 3 aromatic rings. The van der Waals surface area contributed by atoms with Gasteiger partial charge in [-0.1, -0.05) is 12.1 Å². The standard InChI is InChI=1S/C16H13FN2O3S/c1-9-8-19-15(22)14(21)13(18-16(19)23-9)12(20)7-4-10-2-5-11(17)6-3-10/h2-3,5-6,8,21H,4,7H2,1H3. The van der Waals surface area contributed by atoms with Crippen LogP contribution in [0, 0.1) is 12.7 Å². The molecule has 0 aliphatic rings. The molecule has 0 aliphatic carbocycles. The Hall–Kier alpha value is -2.54. The van der Waals surface area contributed by atoms with Crippen molar-refractivity contribution < 1.29 is 14.3 Å². The number of aromatic hydroxyl groups is 1. The summed E-state index contributed by atoms with van der Waals surface area (Å²) in [5.74, 6) is -1.40. The van der Waals surface area contributed by atoms with E-state index >= 15 is 0 Å². The van der Waals surface area contributed by atoms with E-state index < -0.39 is 17.1 Å². The van der Waals surface area contributed by atoms with Crippen molar-refractivity contribution in [1.29, 1.82) is 0 Å². The number of Topliss-reactive ketones (excluding diaryl/α,β-unsaturated/α-hetero) is 1. The Kier molecular flexibility index (Phi) is 3.96.